The molecule has 0 aliphatic carbocycles. The van der Waals surface area contributed by atoms with Gasteiger partial charge in [-0.2, -0.15) is 10.2 Å². The van der Waals surface area contributed by atoms with Crippen molar-refractivity contribution in [2.24, 2.45) is 0 Å². The van der Waals surface area contributed by atoms with Crippen molar-refractivity contribution in [1.82, 2.24) is 9.97 Å². The summed E-state index contributed by atoms with van der Waals surface area (Å²) in [6.45, 7) is 7.57. The fourth-order valence-corrected chi connectivity index (χ4v) is 1.51. The van der Waals surface area contributed by atoms with Crippen LogP contribution in [0, 0.1) is 18.3 Å². The van der Waals surface area contributed by atoms with Gasteiger partial charge < -0.3 is 9.47 Å². The van der Waals surface area contributed by atoms with Crippen molar-refractivity contribution < 1.29 is 14.3 Å². The summed E-state index contributed by atoms with van der Waals surface area (Å²) in [5.74, 6) is -0.195. The summed E-state index contributed by atoms with van der Waals surface area (Å²) in [5.41, 5.74) is -0.904. The van der Waals surface area contributed by atoms with E-state index in [1.165, 1.54) is 6.92 Å². The molecule has 0 saturated heterocycles. The number of hydrogen-bond acceptors (Lipinski definition) is 6. The van der Waals surface area contributed by atoms with Crippen molar-refractivity contribution in [3.63, 3.8) is 0 Å². The van der Waals surface area contributed by atoms with Crippen molar-refractivity contribution in [2.45, 2.75) is 39.5 Å². The van der Waals surface area contributed by atoms with E-state index in [1.54, 1.807) is 19.9 Å². The first-order chi connectivity index (χ1) is 9.47. The molecule has 6 heteroatoms. The quantitative estimate of drug-likeness (QED) is 0.738. The summed E-state index contributed by atoms with van der Waals surface area (Å²) in [5, 5.41) is 9.32. The number of ether oxygens (including phenoxy) is 2. The van der Waals surface area contributed by atoms with Crippen molar-refractivity contribution in [1.29, 1.82) is 5.26 Å². The van der Waals surface area contributed by atoms with Crippen LogP contribution in [0.25, 0.3) is 0 Å². The smallest absolute Gasteiger partial charge is 0.334 e. The first-order valence-corrected chi connectivity index (χ1v) is 6.55. The number of aryl methyl sites for hydroxylation is 1. The number of rotatable bonds is 6. The molecule has 0 fully saturated rings. The molecule has 6 nitrogen and oxygen atoms in total. The normalized spacial score (nSPS) is 13.2. The lowest BCUT2D eigenvalue weighted by Crippen LogP contribution is -2.35. The lowest BCUT2D eigenvalue weighted by molar-refractivity contribution is -0.147. The Kier molecular flexibility index (Phi) is 5.44. The monoisotopic (exact) mass is 277 g/mol. The summed E-state index contributed by atoms with van der Waals surface area (Å²) < 4.78 is 10.4. The van der Waals surface area contributed by atoms with E-state index in [4.69, 9.17) is 9.47 Å². The van der Waals surface area contributed by atoms with E-state index in [2.05, 4.69) is 9.97 Å². The van der Waals surface area contributed by atoms with Crippen molar-refractivity contribution >= 4 is 5.97 Å². The largest absolute Gasteiger partial charge is 0.478 e. The van der Waals surface area contributed by atoms with Crippen LogP contribution in [0.2, 0.25) is 0 Å². The second kappa shape index (κ2) is 6.85. The average Bonchev–Trinajstić information content (AvgIpc) is 2.43. The second-order valence-electron chi connectivity index (χ2n) is 4.48. The summed E-state index contributed by atoms with van der Waals surface area (Å²) in [7, 11) is 0. The molecule has 0 aliphatic rings. The molecular weight excluding hydrogens is 258 g/mol. The third-order valence-corrected chi connectivity index (χ3v) is 2.64. The summed E-state index contributed by atoms with van der Waals surface area (Å²) in [6, 6.07) is 3.60. The van der Waals surface area contributed by atoms with Crippen LogP contribution < -0.4 is 4.74 Å². The van der Waals surface area contributed by atoms with Gasteiger partial charge in [-0.25, -0.2) is 9.78 Å². The summed E-state index contributed by atoms with van der Waals surface area (Å²) in [6.07, 6.45) is 0.839. The maximum absolute atomic E-state index is 12.0. The van der Waals surface area contributed by atoms with Crippen molar-refractivity contribution in [3.05, 3.63) is 17.6 Å². The average molecular weight is 277 g/mol. The molecule has 1 aromatic heterocycles. The summed E-state index contributed by atoms with van der Waals surface area (Å²) in [4.78, 5) is 20.3. The van der Waals surface area contributed by atoms with Gasteiger partial charge in [0.05, 0.1) is 19.3 Å². The van der Waals surface area contributed by atoms with E-state index in [-0.39, 0.29) is 12.4 Å². The second-order valence-corrected chi connectivity index (χ2v) is 4.48. The third-order valence-electron chi connectivity index (χ3n) is 2.64. The fraction of sp³-hybridized carbons (Fsp3) is 0.571. The fourth-order valence-electron chi connectivity index (χ4n) is 1.51. The van der Waals surface area contributed by atoms with Crippen molar-refractivity contribution in [2.75, 3.05) is 13.2 Å². The molecule has 1 aromatic rings. The zero-order valence-corrected chi connectivity index (χ0v) is 12.3. The van der Waals surface area contributed by atoms with E-state index in [0.29, 0.717) is 18.2 Å². The lowest BCUT2D eigenvalue weighted by Gasteiger charge is -2.18. The van der Waals surface area contributed by atoms with Gasteiger partial charge in [0, 0.05) is 11.8 Å². The van der Waals surface area contributed by atoms with Gasteiger partial charge in [-0.1, -0.05) is 6.92 Å². The number of carbonyl (C=O) groups excluding carboxylic acids is 1. The van der Waals surface area contributed by atoms with Crippen LogP contribution in [0.5, 0.6) is 5.88 Å². The Labute approximate surface area is 118 Å². The van der Waals surface area contributed by atoms with Crippen LogP contribution >= 0.6 is 0 Å². The van der Waals surface area contributed by atoms with Crippen LogP contribution in [0.1, 0.15) is 38.7 Å². The highest BCUT2D eigenvalue weighted by Crippen LogP contribution is 2.24. The van der Waals surface area contributed by atoms with Gasteiger partial charge in [-0.3, -0.25) is 0 Å². The Bertz CT molecular complexity index is 525. The molecule has 0 radical (unpaired) electrons. The van der Waals surface area contributed by atoms with Gasteiger partial charge >= 0.3 is 5.97 Å². The molecular formula is C14H19N3O3. The molecule has 1 heterocycles. The zero-order chi connectivity index (χ0) is 15.2. The molecule has 0 aliphatic heterocycles. The first kappa shape index (κ1) is 15.9. The first-order valence-electron chi connectivity index (χ1n) is 6.55. The molecule has 1 rings (SSSR count). The minimum absolute atomic E-state index is 0.101. The van der Waals surface area contributed by atoms with Crippen LogP contribution in [0.3, 0.4) is 0 Å². The van der Waals surface area contributed by atoms with Gasteiger partial charge in [-0.15, -0.1) is 0 Å². The van der Waals surface area contributed by atoms with E-state index in [9.17, 15) is 10.1 Å². The van der Waals surface area contributed by atoms with Crippen LogP contribution in [-0.2, 0) is 14.9 Å². The van der Waals surface area contributed by atoms with Crippen LogP contribution in [0.4, 0.5) is 0 Å². The zero-order valence-electron chi connectivity index (χ0n) is 12.3. The molecule has 0 amide bonds. The molecule has 1 atom stereocenters. The highest BCUT2D eigenvalue weighted by molar-refractivity contribution is 5.85. The van der Waals surface area contributed by atoms with Crippen LogP contribution in [-0.4, -0.2) is 29.2 Å². The number of nitriles is 1. The molecule has 0 saturated carbocycles. The third kappa shape index (κ3) is 3.44. The molecule has 0 bridgehead atoms. The van der Waals surface area contributed by atoms with Gasteiger partial charge in [-0.05, 0) is 27.2 Å². The lowest BCUT2D eigenvalue weighted by atomic mass is 9.91. The Morgan fingerprint density at radius 1 is 1.45 bits per heavy atom. The molecule has 0 aromatic carbocycles. The number of hydrogen-bond donors (Lipinski definition) is 0. The Hall–Kier alpha value is -2.16. The number of carbonyl (C=O) groups is 1. The predicted octanol–water partition coefficient (Wildman–Crippen LogP) is 1.92. The van der Waals surface area contributed by atoms with Gasteiger partial charge in [0.2, 0.25) is 11.3 Å². The highest BCUT2D eigenvalue weighted by Gasteiger charge is 2.40. The van der Waals surface area contributed by atoms with Gasteiger partial charge in [0.25, 0.3) is 0 Å². The van der Waals surface area contributed by atoms with E-state index in [1.807, 2.05) is 13.0 Å². The maximum Gasteiger partial charge on any atom is 0.334 e. The predicted molar refractivity (Wildman–Crippen MR) is 72.2 cm³/mol. The highest BCUT2D eigenvalue weighted by atomic mass is 16.5. The van der Waals surface area contributed by atoms with Crippen molar-refractivity contribution in [3.8, 4) is 11.9 Å². The molecule has 0 spiro atoms. The topological polar surface area (TPSA) is 85.1 Å². The molecule has 20 heavy (non-hydrogen) atoms. The maximum atomic E-state index is 12.0. The summed E-state index contributed by atoms with van der Waals surface area (Å²) >= 11 is 0. The van der Waals surface area contributed by atoms with E-state index >= 15 is 0 Å². The molecule has 1 unspecified atom stereocenters. The van der Waals surface area contributed by atoms with Gasteiger partial charge in [0.15, 0.2) is 5.82 Å². The number of aromatic nitrogens is 2. The SMILES string of the molecule is CCCOc1cc(C)nc(C(C)(C#N)C(=O)OCC)n1. The number of nitrogens with zero attached hydrogens (tertiary/aromatic N) is 3. The van der Waals surface area contributed by atoms with Crippen LogP contribution in [0.15, 0.2) is 6.07 Å². The molecule has 108 valence electrons. The Morgan fingerprint density at radius 3 is 2.70 bits per heavy atom. The minimum atomic E-state index is -1.54. The van der Waals surface area contributed by atoms with E-state index in [0.717, 1.165) is 6.42 Å². The standard InChI is InChI=1S/C14H19N3O3/c1-5-7-20-11-8-10(3)16-12(17-11)14(4,9-15)13(18)19-6-2/h8H,5-7H2,1-4H3. The van der Waals surface area contributed by atoms with Gasteiger partial charge in [0.1, 0.15) is 0 Å². The Balaban J connectivity index is 3.18. The van der Waals surface area contributed by atoms with E-state index < -0.39 is 11.4 Å². The molecule has 0 N–H and O–H groups in total. The minimum Gasteiger partial charge on any atom is -0.478 e. The number of esters is 1. The Morgan fingerprint density at radius 2 is 2.15 bits per heavy atom.